The van der Waals surface area contributed by atoms with E-state index in [0.29, 0.717) is 13.0 Å². The molecule has 1 amide bonds. The summed E-state index contributed by atoms with van der Waals surface area (Å²) in [7, 11) is 0. The zero-order chi connectivity index (χ0) is 18.4. The molecule has 25 heavy (non-hydrogen) atoms. The number of likely N-dealkylation sites (tertiary alicyclic amines) is 1. The fourth-order valence-electron chi connectivity index (χ4n) is 2.55. The fraction of sp³-hybridized carbons (Fsp3) is 0.389. The maximum absolute atomic E-state index is 12.0. The Kier molecular flexibility index (Phi) is 6.01. The Labute approximate surface area is 145 Å². The molecule has 2 rings (SSSR count). The topological polar surface area (TPSA) is 111 Å². The summed E-state index contributed by atoms with van der Waals surface area (Å²) in [5.74, 6) is -2.34. The van der Waals surface area contributed by atoms with Crippen LogP contribution in [-0.2, 0) is 20.9 Å². The molecule has 1 aliphatic rings. The molecule has 1 heterocycles. The normalized spacial score (nSPS) is 14.7. The van der Waals surface area contributed by atoms with E-state index in [1.165, 1.54) is 6.92 Å². The number of hydrogen-bond donors (Lipinski definition) is 1. The number of rotatable bonds is 7. The first-order valence-corrected chi connectivity index (χ1v) is 7.93. The van der Waals surface area contributed by atoms with Crippen molar-refractivity contribution in [3.63, 3.8) is 0 Å². The van der Waals surface area contributed by atoms with E-state index in [4.69, 9.17) is 15.4 Å². The van der Waals surface area contributed by atoms with E-state index in [9.17, 15) is 14.4 Å². The van der Waals surface area contributed by atoms with Gasteiger partial charge in [-0.1, -0.05) is 12.1 Å². The molecule has 1 atom stereocenters. The first-order valence-electron chi connectivity index (χ1n) is 7.93. The summed E-state index contributed by atoms with van der Waals surface area (Å²) in [5, 5.41) is 16.2. The number of carbonyl (C=O) groups is 3. The Morgan fingerprint density at radius 3 is 2.56 bits per heavy atom. The molecule has 0 radical (unpaired) electrons. The number of carbonyl (C=O) groups excluding carboxylic acids is 3. The van der Waals surface area contributed by atoms with Gasteiger partial charge in [-0.3, -0.25) is 9.59 Å². The van der Waals surface area contributed by atoms with E-state index >= 15 is 0 Å². The second-order valence-electron chi connectivity index (χ2n) is 5.90. The van der Waals surface area contributed by atoms with Gasteiger partial charge < -0.3 is 15.0 Å². The zero-order valence-electron chi connectivity index (χ0n) is 13.9. The molecule has 1 aromatic rings. The van der Waals surface area contributed by atoms with Gasteiger partial charge in [-0.2, -0.15) is 5.26 Å². The van der Waals surface area contributed by atoms with Gasteiger partial charge in [0, 0.05) is 25.2 Å². The largest absolute Gasteiger partial charge is 0.454 e. The Morgan fingerprint density at radius 1 is 1.36 bits per heavy atom. The maximum atomic E-state index is 12.0. The van der Waals surface area contributed by atoms with Crippen LogP contribution in [0.25, 0.3) is 0 Å². The third-order valence-corrected chi connectivity index (χ3v) is 3.96. The third kappa shape index (κ3) is 4.73. The molecule has 0 aliphatic carbocycles. The van der Waals surface area contributed by atoms with Crippen LogP contribution in [0.1, 0.15) is 35.7 Å². The van der Waals surface area contributed by atoms with Crippen molar-refractivity contribution in [1.82, 2.24) is 4.90 Å². The highest BCUT2D eigenvalue weighted by Crippen LogP contribution is 2.15. The Balaban J connectivity index is 1.90. The number of nitrogens with zero attached hydrogens (tertiary/aromatic N) is 2. The minimum atomic E-state index is -1.19. The van der Waals surface area contributed by atoms with Crippen LogP contribution in [0.4, 0.5) is 0 Å². The number of nitrogens with one attached hydrogen (secondary N) is 1. The van der Waals surface area contributed by atoms with Crippen molar-refractivity contribution in [2.75, 3.05) is 13.2 Å². The number of Topliss-reactive ketones (excluding diaryl/α,β-unsaturated/α-hetero) is 1. The van der Waals surface area contributed by atoms with E-state index in [1.807, 2.05) is 0 Å². The van der Waals surface area contributed by atoms with Gasteiger partial charge in [0.15, 0.2) is 12.4 Å². The molecule has 1 aromatic carbocycles. The van der Waals surface area contributed by atoms with Crippen LogP contribution in [0, 0.1) is 22.7 Å². The molecule has 0 bridgehead atoms. The van der Waals surface area contributed by atoms with Gasteiger partial charge in [0.05, 0.1) is 11.6 Å². The molecule has 7 heteroatoms. The highest BCUT2D eigenvalue weighted by atomic mass is 16.5. The molecule has 1 unspecified atom stereocenters. The van der Waals surface area contributed by atoms with Crippen molar-refractivity contribution < 1.29 is 19.1 Å². The number of esters is 1. The van der Waals surface area contributed by atoms with Crippen LogP contribution in [0.15, 0.2) is 24.3 Å². The summed E-state index contributed by atoms with van der Waals surface area (Å²) in [4.78, 5) is 37.1. The lowest BCUT2D eigenvalue weighted by Gasteiger charge is -2.15. The quantitative estimate of drug-likeness (QED) is 0.599. The average Bonchev–Trinajstić information content (AvgIpc) is 2.98. The van der Waals surface area contributed by atoms with Crippen LogP contribution in [0.3, 0.4) is 0 Å². The number of hydrogen-bond acceptors (Lipinski definition) is 6. The minimum Gasteiger partial charge on any atom is -0.454 e. The Bertz CT molecular complexity index is 734. The van der Waals surface area contributed by atoms with Gasteiger partial charge in [0.25, 0.3) is 0 Å². The van der Waals surface area contributed by atoms with E-state index in [1.54, 1.807) is 35.2 Å². The van der Waals surface area contributed by atoms with Crippen LogP contribution in [0.2, 0.25) is 0 Å². The van der Waals surface area contributed by atoms with Crippen LogP contribution in [0.5, 0.6) is 0 Å². The summed E-state index contributed by atoms with van der Waals surface area (Å²) >= 11 is 0. The minimum absolute atomic E-state index is 0.0793. The van der Waals surface area contributed by atoms with Gasteiger partial charge >= 0.3 is 5.97 Å². The lowest BCUT2D eigenvalue weighted by Crippen LogP contribution is -2.25. The van der Waals surface area contributed by atoms with Crippen molar-refractivity contribution >= 4 is 23.4 Å². The molecule has 130 valence electrons. The molecule has 0 aromatic heterocycles. The number of ketones is 1. The Morgan fingerprint density at radius 2 is 2.04 bits per heavy atom. The predicted octanol–water partition coefficient (Wildman–Crippen LogP) is 1.71. The summed E-state index contributed by atoms with van der Waals surface area (Å²) in [6.45, 7) is 2.07. The fourth-order valence-corrected chi connectivity index (χ4v) is 2.55. The number of amides is 1. The highest BCUT2D eigenvalue weighted by Gasteiger charge is 2.22. The number of benzene rings is 1. The monoisotopic (exact) mass is 341 g/mol. The molecule has 0 spiro atoms. The SMILES string of the molecule is CC(=N)C(C#N)C(=O)COC(=O)c1ccc(CN2CCCC2=O)cc1. The second kappa shape index (κ2) is 8.20. The van der Waals surface area contributed by atoms with Gasteiger partial charge in [-0.25, -0.2) is 4.79 Å². The maximum Gasteiger partial charge on any atom is 0.338 e. The van der Waals surface area contributed by atoms with Gasteiger partial charge in [-0.15, -0.1) is 0 Å². The molecular weight excluding hydrogens is 322 g/mol. The molecule has 1 saturated heterocycles. The van der Waals surface area contributed by atoms with Crippen molar-refractivity contribution in [1.29, 1.82) is 10.7 Å². The Hall–Kier alpha value is -3.01. The van der Waals surface area contributed by atoms with E-state index in [2.05, 4.69) is 0 Å². The molecule has 1 aliphatic heterocycles. The van der Waals surface area contributed by atoms with Gasteiger partial charge in [-0.05, 0) is 31.0 Å². The number of ether oxygens (including phenoxy) is 1. The van der Waals surface area contributed by atoms with E-state index in [-0.39, 0.29) is 17.2 Å². The smallest absolute Gasteiger partial charge is 0.338 e. The van der Waals surface area contributed by atoms with Gasteiger partial charge in [0.2, 0.25) is 5.91 Å². The average molecular weight is 341 g/mol. The van der Waals surface area contributed by atoms with Crippen LogP contribution >= 0.6 is 0 Å². The second-order valence-corrected chi connectivity index (χ2v) is 5.90. The van der Waals surface area contributed by atoms with Crippen LogP contribution in [-0.4, -0.2) is 41.4 Å². The summed E-state index contributed by atoms with van der Waals surface area (Å²) < 4.78 is 4.91. The first-order chi connectivity index (χ1) is 11.9. The molecule has 0 saturated carbocycles. The summed E-state index contributed by atoms with van der Waals surface area (Å²) in [6.07, 6.45) is 1.45. The van der Waals surface area contributed by atoms with Crippen molar-refractivity contribution in [3.8, 4) is 6.07 Å². The molecular formula is C18H19N3O4. The van der Waals surface area contributed by atoms with Gasteiger partial charge in [0.1, 0.15) is 5.92 Å². The van der Waals surface area contributed by atoms with Crippen molar-refractivity contribution in [2.45, 2.75) is 26.3 Å². The lowest BCUT2D eigenvalue weighted by molar-refractivity contribution is -0.128. The van der Waals surface area contributed by atoms with Crippen molar-refractivity contribution in [2.24, 2.45) is 5.92 Å². The predicted molar refractivity (Wildman–Crippen MR) is 88.9 cm³/mol. The number of nitriles is 1. The van der Waals surface area contributed by atoms with E-state index in [0.717, 1.165) is 18.5 Å². The lowest BCUT2D eigenvalue weighted by atomic mass is 10.0. The zero-order valence-corrected chi connectivity index (χ0v) is 13.9. The third-order valence-electron chi connectivity index (χ3n) is 3.96. The summed E-state index contributed by atoms with van der Waals surface area (Å²) in [5.41, 5.74) is 1.11. The molecule has 1 N–H and O–H groups in total. The first kappa shape index (κ1) is 18.3. The van der Waals surface area contributed by atoms with Crippen molar-refractivity contribution in [3.05, 3.63) is 35.4 Å². The van der Waals surface area contributed by atoms with E-state index < -0.39 is 24.3 Å². The van der Waals surface area contributed by atoms with Crippen LogP contribution < -0.4 is 0 Å². The highest BCUT2D eigenvalue weighted by molar-refractivity contribution is 6.06. The molecule has 1 fully saturated rings. The standard InChI is InChI=1S/C18H19N3O4/c1-12(20)15(9-19)16(22)11-25-18(24)14-6-4-13(5-7-14)10-21-8-2-3-17(21)23/h4-7,15,20H,2-3,8,10-11H2,1H3. The summed E-state index contributed by atoms with van der Waals surface area (Å²) in [6, 6.07) is 8.34. The molecule has 7 nitrogen and oxygen atoms in total.